The minimum absolute atomic E-state index is 0.148. The van der Waals surface area contributed by atoms with Gasteiger partial charge < -0.3 is 10.6 Å². The third kappa shape index (κ3) is 4.10. The summed E-state index contributed by atoms with van der Waals surface area (Å²) in [6.45, 7) is 8.89. The molecule has 4 heteroatoms. The monoisotopic (exact) mass is 227 g/mol. The van der Waals surface area contributed by atoms with Crippen LogP contribution in [0.3, 0.4) is 0 Å². The molecule has 2 unspecified atom stereocenters. The number of carbonyl (C=O) groups excluding carboxylic acids is 1. The Balaban J connectivity index is 2.32. The Morgan fingerprint density at radius 2 is 2.25 bits per heavy atom. The lowest BCUT2D eigenvalue weighted by Crippen LogP contribution is -2.50. The molecule has 0 radical (unpaired) electrons. The summed E-state index contributed by atoms with van der Waals surface area (Å²) in [5.74, 6) is 0.678. The van der Waals surface area contributed by atoms with Crippen molar-refractivity contribution in [3.05, 3.63) is 0 Å². The van der Waals surface area contributed by atoms with Gasteiger partial charge in [0, 0.05) is 12.1 Å². The Bertz CT molecular complexity index is 230. The van der Waals surface area contributed by atoms with Crippen molar-refractivity contribution < 1.29 is 4.79 Å². The Morgan fingerprint density at radius 3 is 2.81 bits per heavy atom. The van der Waals surface area contributed by atoms with Crippen molar-refractivity contribution in [3.63, 3.8) is 0 Å². The van der Waals surface area contributed by atoms with Gasteiger partial charge in [-0.2, -0.15) is 0 Å². The highest BCUT2D eigenvalue weighted by Gasteiger charge is 2.22. The number of hydrogen-bond acceptors (Lipinski definition) is 3. The molecule has 0 spiro atoms. The molecule has 1 saturated heterocycles. The summed E-state index contributed by atoms with van der Waals surface area (Å²) in [5, 5.41) is 6.47. The highest BCUT2D eigenvalue weighted by atomic mass is 16.2. The third-order valence-electron chi connectivity index (χ3n) is 3.41. The molecule has 1 fully saturated rings. The van der Waals surface area contributed by atoms with E-state index in [1.54, 1.807) is 0 Å². The predicted octanol–water partition coefficient (Wildman–Crippen LogP) is 0.441. The highest BCUT2D eigenvalue weighted by Crippen LogP contribution is 2.10. The van der Waals surface area contributed by atoms with Crippen LogP contribution in [0.4, 0.5) is 0 Å². The maximum Gasteiger partial charge on any atom is 0.234 e. The second kappa shape index (κ2) is 6.21. The van der Waals surface area contributed by atoms with Crippen LogP contribution in [0, 0.1) is 5.92 Å². The zero-order valence-corrected chi connectivity index (χ0v) is 10.9. The van der Waals surface area contributed by atoms with Crippen LogP contribution in [-0.4, -0.2) is 49.6 Å². The normalized spacial score (nSPS) is 26.1. The molecule has 0 aliphatic carbocycles. The molecule has 0 aromatic heterocycles. The average molecular weight is 227 g/mol. The van der Waals surface area contributed by atoms with Crippen molar-refractivity contribution in [2.45, 2.75) is 39.3 Å². The number of hydrogen-bond donors (Lipinski definition) is 2. The summed E-state index contributed by atoms with van der Waals surface area (Å²) in [7, 11) is 1.98. The largest absolute Gasteiger partial charge is 0.352 e. The predicted molar refractivity (Wildman–Crippen MR) is 66.3 cm³/mol. The third-order valence-corrected chi connectivity index (χ3v) is 3.41. The van der Waals surface area contributed by atoms with E-state index in [2.05, 4.69) is 36.3 Å². The molecule has 0 aromatic rings. The molecule has 0 bridgehead atoms. The van der Waals surface area contributed by atoms with Crippen LogP contribution < -0.4 is 10.6 Å². The van der Waals surface area contributed by atoms with E-state index in [9.17, 15) is 4.79 Å². The molecule has 1 aliphatic rings. The number of rotatable bonds is 4. The zero-order valence-electron chi connectivity index (χ0n) is 10.9. The van der Waals surface area contributed by atoms with Gasteiger partial charge in [-0.25, -0.2) is 0 Å². The lowest BCUT2D eigenvalue weighted by atomic mass is 9.95. The summed E-state index contributed by atoms with van der Waals surface area (Å²) in [6.07, 6.45) is 1.04. The molecule has 4 nitrogen and oxygen atoms in total. The van der Waals surface area contributed by atoms with Gasteiger partial charge in [-0.1, -0.05) is 6.92 Å². The van der Waals surface area contributed by atoms with Crippen LogP contribution in [0.25, 0.3) is 0 Å². The number of carbonyl (C=O) groups is 1. The summed E-state index contributed by atoms with van der Waals surface area (Å²) < 4.78 is 0. The highest BCUT2D eigenvalue weighted by molar-refractivity contribution is 5.78. The minimum Gasteiger partial charge on any atom is -0.352 e. The van der Waals surface area contributed by atoms with Gasteiger partial charge in [0.05, 0.1) is 6.54 Å². The molecular weight excluding hydrogens is 202 g/mol. The standard InChI is InChI=1S/C12H25N3O/c1-9(2)15(4)8-12(16)14-11-5-6-13-7-10(11)3/h9-11,13H,5-8H2,1-4H3,(H,14,16). The van der Waals surface area contributed by atoms with Crippen molar-refractivity contribution in [2.24, 2.45) is 5.92 Å². The first-order valence-corrected chi connectivity index (χ1v) is 6.21. The van der Waals surface area contributed by atoms with Crippen LogP contribution in [0.1, 0.15) is 27.2 Å². The first-order valence-electron chi connectivity index (χ1n) is 6.21. The quantitative estimate of drug-likeness (QED) is 0.732. The molecule has 2 atom stereocenters. The Labute approximate surface area is 98.8 Å². The van der Waals surface area contributed by atoms with E-state index in [4.69, 9.17) is 0 Å². The number of nitrogens with one attached hydrogen (secondary N) is 2. The fourth-order valence-electron chi connectivity index (χ4n) is 1.89. The van der Waals surface area contributed by atoms with E-state index >= 15 is 0 Å². The molecular formula is C12H25N3O. The lowest BCUT2D eigenvalue weighted by molar-refractivity contribution is -0.123. The fraction of sp³-hybridized carbons (Fsp3) is 0.917. The van der Waals surface area contributed by atoms with Crippen LogP contribution in [0.2, 0.25) is 0 Å². The van der Waals surface area contributed by atoms with Crippen molar-refractivity contribution in [1.82, 2.24) is 15.5 Å². The molecule has 1 rings (SSSR count). The molecule has 1 amide bonds. The second-order valence-corrected chi connectivity index (χ2v) is 5.15. The number of likely N-dealkylation sites (N-methyl/N-ethyl adjacent to an activating group) is 1. The van der Waals surface area contributed by atoms with Crippen LogP contribution in [0.15, 0.2) is 0 Å². The first kappa shape index (κ1) is 13.5. The van der Waals surface area contributed by atoms with Gasteiger partial charge in [-0.3, -0.25) is 9.69 Å². The fourth-order valence-corrected chi connectivity index (χ4v) is 1.89. The molecule has 0 aromatic carbocycles. The molecule has 16 heavy (non-hydrogen) atoms. The minimum atomic E-state index is 0.148. The number of nitrogens with zero attached hydrogens (tertiary/aromatic N) is 1. The molecule has 94 valence electrons. The average Bonchev–Trinajstić information content (AvgIpc) is 2.21. The van der Waals surface area contributed by atoms with Crippen LogP contribution >= 0.6 is 0 Å². The molecule has 2 N–H and O–H groups in total. The van der Waals surface area contributed by atoms with E-state index in [0.29, 0.717) is 24.5 Å². The van der Waals surface area contributed by atoms with Gasteiger partial charge in [0.2, 0.25) is 5.91 Å². The van der Waals surface area contributed by atoms with Crippen molar-refractivity contribution >= 4 is 5.91 Å². The Morgan fingerprint density at radius 1 is 1.56 bits per heavy atom. The van der Waals surface area contributed by atoms with Crippen molar-refractivity contribution in [1.29, 1.82) is 0 Å². The van der Waals surface area contributed by atoms with Crippen LogP contribution in [0.5, 0.6) is 0 Å². The van der Waals surface area contributed by atoms with Gasteiger partial charge in [0.15, 0.2) is 0 Å². The molecule has 1 aliphatic heterocycles. The van der Waals surface area contributed by atoms with Gasteiger partial charge in [0.1, 0.15) is 0 Å². The smallest absolute Gasteiger partial charge is 0.234 e. The maximum absolute atomic E-state index is 11.8. The molecule has 1 heterocycles. The van der Waals surface area contributed by atoms with Gasteiger partial charge >= 0.3 is 0 Å². The number of amides is 1. The van der Waals surface area contributed by atoms with Crippen LogP contribution in [-0.2, 0) is 4.79 Å². The zero-order chi connectivity index (χ0) is 12.1. The lowest BCUT2D eigenvalue weighted by Gasteiger charge is -2.31. The van der Waals surface area contributed by atoms with Crippen molar-refractivity contribution in [3.8, 4) is 0 Å². The van der Waals surface area contributed by atoms with E-state index in [-0.39, 0.29) is 5.91 Å². The van der Waals surface area contributed by atoms with Gasteiger partial charge in [0.25, 0.3) is 0 Å². The summed E-state index contributed by atoms with van der Waals surface area (Å²) in [4.78, 5) is 13.9. The van der Waals surface area contributed by atoms with E-state index in [1.165, 1.54) is 0 Å². The maximum atomic E-state index is 11.8. The first-order chi connectivity index (χ1) is 7.50. The van der Waals surface area contributed by atoms with E-state index in [1.807, 2.05) is 7.05 Å². The Kier molecular flexibility index (Phi) is 5.22. The van der Waals surface area contributed by atoms with Gasteiger partial charge in [-0.15, -0.1) is 0 Å². The van der Waals surface area contributed by atoms with E-state index in [0.717, 1.165) is 19.5 Å². The topological polar surface area (TPSA) is 44.4 Å². The van der Waals surface area contributed by atoms with Gasteiger partial charge in [-0.05, 0) is 46.3 Å². The summed E-state index contributed by atoms with van der Waals surface area (Å²) >= 11 is 0. The summed E-state index contributed by atoms with van der Waals surface area (Å²) in [6, 6.07) is 0.755. The van der Waals surface area contributed by atoms with Crippen molar-refractivity contribution in [2.75, 3.05) is 26.7 Å². The van der Waals surface area contributed by atoms with E-state index < -0.39 is 0 Å². The second-order valence-electron chi connectivity index (χ2n) is 5.15. The summed E-state index contributed by atoms with van der Waals surface area (Å²) in [5.41, 5.74) is 0. The molecule has 0 saturated carbocycles. The number of piperidine rings is 1. The SMILES string of the molecule is CC1CNCCC1NC(=O)CN(C)C(C)C. The Hall–Kier alpha value is -0.610.